The minimum atomic E-state index is -0.819. The third-order valence-corrected chi connectivity index (χ3v) is 3.89. The molecule has 24 heavy (non-hydrogen) atoms. The van der Waals surface area contributed by atoms with Crippen LogP contribution in [0.4, 0.5) is 11.4 Å². The molecule has 1 aliphatic rings. The smallest absolute Gasteiger partial charge is 0.318 e. The van der Waals surface area contributed by atoms with Gasteiger partial charge < -0.3 is 14.6 Å². The highest BCUT2D eigenvalue weighted by atomic mass is 16.5. The largest absolute Gasteiger partial charge is 0.508 e. The van der Waals surface area contributed by atoms with E-state index in [1.807, 2.05) is 0 Å². The van der Waals surface area contributed by atoms with Crippen molar-refractivity contribution in [2.24, 2.45) is 5.92 Å². The molecule has 2 aromatic carbocycles. The lowest BCUT2D eigenvalue weighted by atomic mass is 10.1. The number of hydrogen-bond donors (Lipinski definition) is 1. The number of aromatic hydroxyl groups is 1. The Hall–Kier alpha value is -3.02. The number of carbonyl (C=O) groups excluding carboxylic acids is 2. The van der Waals surface area contributed by atoms with Gasteiger partial charge in [0.15, 0.2) is 0 Å². The number of methoxy groups -OCH3 is 1. The van der Waals surface area contributed by atoms with Gasteiger partial charge in [-0.05, 0) is 48.5 Å². The molecule has 0 aromatic heterocycles. The summed E-state index contributed by atoms with van der Waals surface area (Å²) in [5, 5.41) is 9.48. The predicted molar refractivity (Wildman–Crippen MR) is 87.3 cm³/mol. The van der Waals surface area contributed by atoms with E-state index in [9.17, 15) is 14.7 Å². The number of hydrogen-bond acceptors (Lipinski definition) is 5. The maximum atomic E-state index is 12.9. The van der Waals surface area contributed by atoms with Crippen molar-refractivity contribution >= 4 is 23.3 Å². The van der Waals surface area contributed by atoms with E-state index in [2.05, 4.69) is 0 Å². The third-order valence-electron chi connectivity index (χ3n) is 3.89. The Kier molecular flexibility index (Phi) is 4.37. The predicted octanol–water partition coefficient (Wildman–Crippen LogP) is 2.63. The Morgan fingerprint density at radius 2 is 1.71 bits per heavy atom. The van der Waals surface area contributed by atoms with Gasteiger partial charge >= 0.3 is 5.97 Å². The molecule has 0 radical (unpaired) electrons. The number of ether oxygens (including phenoxy) is 2. The molecular weight excluding hydrogens is 310 g/mol. The highest BCUT2D eigenvalue weighted by Crippen LogP contribution is 2.32. The molecule has 1 aliphatic heterocycles. The SMILES string of the molecule is COc1ccc(N(C(=O)C2CCOC2=O)c2ccc(O)cc2)cc1. The first-order chi connectivity index (χ1) is 11.6. The Bertz CT molecular complexity index is 739. The molecule has 124 valence electrons. The van der Waals surface area contributed by atoms with Gasteiger partial charge in [-0.1, -0.05) is 0 Å². The van der Waals surface area contributed by atoms with Crippen molar-refractivity contribution in [1.82, 2.24) is 0 Å². The average Bonchev–Trinajstić information content (AvgIpc) is 3.03. The molecule has 1 N–H and O–H groups in total. The summed E-state index contributed by atoms with van der Waals surface area (Å²) >= 11 is 0. The van der Waals surface area contributed by atoms with Gasteiger partial charge in [-0.25, -0.2) is 0 Å². The van der Waals surface area contributed by atoms with Crippen LogP contribution in [0.5, 0.6) is 11.5 Å². The zero-order chi connectivity index (χ0) is 17.1. The van der Waals surface area contributed by atoms with Crippen molar-refractivity contribution in [3.63, 3.8) is 0 Å². The first-order valence-corrected chi connectivity index (χ1v) is 7.54. The zero-order valence-corrected chi connectivity index (χ0v) is 13.1. The second-order valence-electron chi connectivity index (χ2n) is 5.40. The van der Waals surface area contributed by atoms with Crippen LogP contribution in [0.15, 0.2) is 48.5 Å². The number of amides is 1. The van der Waals surface area contributed by atoms with Gasteiger partial charge in [-0.15, -0.1) is 0 Å². The molecule has 0 aliphatic carbocycles. The summed E-state index contributed by atoms with van der Waals surface area (Å²) in [6.45, 7) is 0.251. The molecule has 6 nitrogen and oxygen atoms in total. The Morgan fingerprint density at radius 1 is 1.12 bits per heavy atom. The summed E-state index contributed by atoms with van der Waals surface area (Å²) in [4.78, 5) is 26.2. The van der Waals surface area contributed by atoms with Crippen LogP contribution < -0.4 is 9.64 Å². The van der Waals surface area contributed by atoms with Crippen LogP contribution in [-0.4, -0.2) is 30.7 Å². The first kappa shape index (κ1) is 15.9. The second kappa shape index (κ2) is 6.62. The second-order valence-corrected chi connectivity index (χ2v) is 5.40. The van der Waals surface area contributed by atoms with Gasteiger partial charge in [0.2, 0.25) is 5.91 Å². The summed E-state index contributed by atoms with van der Waals surface area (Å²) in [7, 11) is 1.56. The summed E-state index contributed by atoms with van der Waals surface area (Å²) in [5.74, 6) is -0.912. The van der Waals surface area contributed by atoms with Crippen LogP contribution in [0.1, 0.15) is 6.42 Å². The van der Waals surface area contributed by atoms with Crippen LogP contribution >= 0.6 is 0 Å². The molecule has 0 bridgehead atoms. The molecule has 2 aromatic rings. The lowest BCUT2D eigenvalue weighted by Gasteiger charge is -2.25. The topological polar surface area (TPSA) is 76.1 Å². The van der Waals surface area contributed by atoms with Crippen LogP contribution in [0.2, 0.25) is 0 Å². The number of phenolic OH excluding ortho intramolecular Hbond substituents is 1. The van der Waals surface area contributed by atoms with Gasteiger partial charge in [-0.2, -0.15) is 0 Å². The molecule has 1 saturated heterocycles. The number of cyclic esters (lactones) is 1. The van der Waals surface area contributed by atoms with Crippen molar-refractivity contribution in [2.75, 3.05) is 18.6 Å². The monoisotopic (exact) mass is 327 g/mol. The van der Waals surface area contributed by atoms with Gasteiger partial charge in [0.05, 0.1) is 13.7 Å². The number of rotatable bonds is 4. The normalized spacial score (nSPS) is 16.5. The standard InChI is InChI=1S/C18H17NO5/c1-23-15-8-4-13(5-9-15)19(12-2-6-14(20)7-3-12)17(21)16-10-11-24-18(16)22/h2-9,16,20H,10-11H2,1H3. The lowest BCUT2D eigenvalue weighted by Crippen LogP contribution is -2.34. The van der Waals surface area contributed by atoms with E-state index < -0.39 is 11.9 Å². The van der Waals surface area contributed by atoms with Gasteiger partial charge in [0.25, 0.3) is 0 Å². The maximum absolute atomic E-state index is 12.9. The van der Waals surface area contributed by atoms with E-state index in [0.29, 0.717) is 23.5 Å². The van der Waals surface area contributed by atoms with Crippen molar-refractivity contribution < 1.29 is 24.2 Å². The minimum absolute atomic E-state index is 0.0983. The lowest BCUT2D eigenvalue weighted by molar-refractivity contribution is -0.144. The maximum Gasteiger partial charge on any atom is 0.318 e. The number of phenols is 1. The van der Waals surface area contributed by atoms with E-state index in [4.69, 9.17) is 9.47 Å². The van der Waals surface area contributed by atoms with Crippen molar-refractivity contribution in [2.45, 2.75) is 6.42 Å². The van der Waals surface area contributed by atoms with E-state index >= 15 is 0 Å². The third kappa shape index (κ3) is 3.03. The summed E-state index contributed by atoms with van der Waals surface area (Å²) in [5.41, 5.74) is 1.16. The molecule has 1 unspecified atom stereocenters. The molecule has 1 fully saturated rings. The highest BCUT2D eigenvalue weighted by Gasteiger charge is 2.37. The quantitative estimate of drug-likeness (QED) is 0.690. The summed E-state index contributed by atoms with van der Waals surface area (Å²) in [6.07, 6.45) is 0.363. The molecule has 6 heteroatoms. The number of nitrogens with zero attached hydrogens (tertiary/aromatic N) is 1. The average molecular weight is 327 g/mol. The minimum Gasteiger partial charge on any atom is -0.508 e. The molecule has 0 spiro atoms. The van der Waals surface area contributed by atoms with Gasteiger partial charge in [0.1, 0.15) is 17.4 Å². The van der Waals surface area contributed by atoms with Crippen LogP contribution in [-0.2, 0) is 14.3 Å². The van der Waals surface area contributed by atoms with Crippen LogP contribution in [0.25, 0.3) is 0 Å². The summed E-state index contributed by atoms with van der Waals surface area (Å²) in [6, 6.07) is 13.2. The van der Waals surface area contributed by atoms with Gasteiger partial charge in [-0.3, -0.25) is 14.5 Å². The first-order valence-electron chi connectivity index (χ1n) is 7.54. The fraction of sp³-hybridized carbons (Fsp3) is 0.222. The van der Waals surface area contributed by atoms with E-state index in [1.165, 1.54) is 17.0 Å². The molecule has 3 rings (SSSR count). The fourth-order valence-electron chi connectivity index (χ4n) is 2.61. The van der Waals surface area contributed by atoms with E-state index in [-0.39, 0.29) is 18.3 Å². The van der Waals surface area contributed by atoms with Crippen LogP contribution in [0.3, 0.4) is 0 Å². The molecular formula is C18H17NO5. The number of anilines is 2. The Labute approximate surface area is 139 Å². The van der Waals surface area contributed by atoms with Crippen molar-refractivity contribution in [1.29, 1.82) is 0 Å². The Morgan fingerprint density at radius 3 is 2.21 bits per heavy atom. The van der Waals surface area contributed by atoms with Crippen LogP contribution in [0, 0.1) is 5.92 Å². The molecule has 1 heterocycles. The Balaban J connectivity index is 2.00. The fourth-order valence-corrected chi connectivity index (χ4v) is 2.61. The van der Waals surface area contributed by atoms with E-state index in [1.54, 1.807) is 43.5 Å². The highest BCUT2D eigenvalue weighted by molar-refractivity contribution is 6.10. The molecule has 1 amide bonds. The number of carbonyl (C=O) groups is 2. The van der Waals surface area contributed by atoms with E-state index in [0.717, 1.165) is 0 Å². The number of esters is 1. The number of benzene rings is 2. The van der Waals surface area contributed by atoms with Gasteiger partial charge in [0, 0.05) is 17.8 Å². The summed E-state index contributed by atoms with van der Waals surface area (Å²) < 4.78 is 10.1. The zero-order valence-electron chi connectivity index (χ0n) is 13.1. The molecule has 0 saturated carbocycles. The molecule has 1 atom stereocenters. The van der Waals surface area contributed by atoms with Crippen molar-refractivity contribution in [3.05, 3.63) is 48.5 Å². The van der Waals surface area contributed by atoms with Crippen molar-refractivity contribution in [3.8, 4) is 11.5 Å².